The van der Waals surface area contributed by atoms with Crippen molar-refractivity contribution in [3.8, 4) is 0 Å². The van der Waals surface area contributed by atoms with Crippen molar-refractivity contribution in [1.82, 2.24) is 10.2 Å². The summed E-state index contributed by atoms with van der Waals surface area (Å²) in [6, 6.07) is 17.6. The van der Waals surface area contributed by atoms with Crippen LogP contribution in [0.2, 0.25) is 0 Å². The van der Waals surface area contributed by atoms with E-state index in [1.165, 1.54) is 0 Å². The lowest BCUT2D eigenvalue weighted by Gasteiger charge is -2.55. The standard InChI is InChI=1S/C21H22N2O4/c24-19-17(22-20(25)27-14-15-7-3-1-4-8-15)13-21(26,18-11-12-23(18)19)16-9-5-2-6-10-16/h1-10,17-18,26H,11-14H2,(H,22,25). The second-order valence-electron chi connectivity index (χ2n) is 7.09. The van der Waals surface area contributed by atoms with Crippen LogP contribution in [-0.2, 0) is 21.7 Å². The summed E-state index contributed by atoms with van der Waals surface area (Å²) in [7, 11) is 0. The average molecular weight is 366 g/mol. The Morgan fingerprint density at radius 3 is 2.44 bits per heavy atom. The van der Waals surface area contributed by atoms with E-state index in [1.54, 1.807) is 4.90 Å². The van der Waals surface area contributed by atoms with Crippen LogP contribution in [-0.4, -0.2) is 40.6 Å². The van der Waals surface area contributed by atoms with Crippen LogP contribution >= 0.6 is 0 Å². The topological polar surface area (TPSA) is 78.9 Å². The van der Waals surface area contributed by atoms with Gasteiger partial charge in [0.2, 0.25) is 5.91 Å². The number of hydrogen-bond acceptors (Lipinski definition) is 4. The van der Waals surface area contributed by atoms with Crippen molar-refractivity contribution in [2.45, 2.75) is 37.1 Å². The van der Waals surface area contributed by atoms with Gasteiger partial charge in [-0.05, 0) is 17.5 Å². The molecule has 2 saturated heterocycles. The van der Waals surface area contributed by atoms with Crippen LogP contribution in [0, 0.1) is 0 Å². The van der Waals surface area contributed by atoms with Crippen LogP contribution in [0.15, 0.2) is 60.7 Å². The first-order chi connectivity index (χ1) is 13.1. The van der Waals surface area contributed by atoms with Gasteiger partial charge in [-0.25, -0.2) is 4.79 Å². The number of nitrogens with zero attached hydrogens (tertiary/aromatic N) is 1. The first-order valence-electron chi connectivity index (χ1n) is 9.13. The highest BCUT2D eigenvalue weighted by atomic mass is 16.5. The zero-order valence-corrected chi connectivity index (χ0v) is 14.9. The fraction of sp³-hybridized carbons (Fsp3) is 0.333. The summed E-state index contributed by atoms with van der Waals surface area (Å²) in [4.78, 5) is 26.5. The number of rotatable bonds is 4. The van der Waals surface area contributed by atoms with Gasteiger partial charge in [0.25, 0.3) is 0 Å². The highest BCUT2D eigenvalue weighted by molar-refractivity contribution is 5.88. The van der Waals surface area contributed by atoms with Gasteiger partial charge < -0.3 is 20.1 Å². The number of piperidine rings is 1. The van der Waals surface area contributed by atoms with Gasteiger partial charge >= 0.3 is 6.09 Å². The summed E-state index contributed by atoms with van der Waals surface area (Å²) in [6.45, 7) is 0.721. The SMILES string of the molecule is O=C(NC1CC(O)(c2ccccc2)C2CCN2C1=O)OCc1ccccc1. The summed E-state index contributed by atoms with van der Waals surface area (Å²) in [6.07, 6.45) is 0.228. The van der Waals surface area contributed by atoms with Crippen molar-refractivity contribution in [3.63, 3.8) is 0 Å². The van der Waals surface area contributed by atoms with E-state index in [2.05, 4.69) is 5.32 Å². The van der Waals surface area contributed by atoms with Gasteiger partial charge in [-0.3, -0.25) is 4.79 Å². The maximum absolute atomic E-state index is 12.7. The molecule has 2 aliphatic rings. The molecular formula is C21H22N2O4. The Balaban J connectivity index is 1.46. The van der Waals surface area contributed by atoms with E-state index >= 15 is 0 Å². The summed E-state index contributed by atoms with van der Waals surface area (Å²) in [5.41, 5.74) is 0.452. The van der Waals surface area contributed by atoms with Gasteiger partial charge in [0.05, 0.1) is 6.04 Å². The fourth-order valence-electron chi connectivity index (χ4n) is 3.94. The summed E-state index contributed by atoms with van der Waals surface area (Å²) >= 11 is 0. The number of carbonyl (C=O) groups is 2. The molecular weight excluding hydrogens is 344 g/mol. The van der Waals surface area contributed by atoms with Crippen molar-refractivity contribution in [2.24, 2.45) is 0 Å². The third-order valence-electron chi connectivity index (χ3n) is 5.45. The molecule has 2 fully saturated rings. The third-order valence-corrected chi connectivity index (χ3v) is 5.45. The molecule has 0 saturated carbocycles. The zero-order valence-electron chi connectivity index (χ0n) is 14.9. The van der Waals surface area contributed by atoms with E-state index in [-0.39, 0.29) is 25.0 Å². The fourth-order valence-corrected chi connectivity index (χ4v) is 3.94. The van der Waals surface area contributed by atoms with Crippen molar-refractivity contribution in [3.05, 3.63) is 71.8 Å². The van der Waals surface area contributed by atoms with E-state index < -0.39 is 17.7 Å². The van der Waals surface area contributed by atoms with Gasteiger partial charge in [-0.15, -0.1) is 0 Å². The summed E-state index contributed by atoms with van der Waals surface area (Å²) in [5, 5.41) is 14.0. The van der Waals surface area contributed by atoms with Crippen molar-refractivity contribution in [1.29, 1.82) is 0 Å². The van der Waals surface area contributed by atoms with Crippen LogP contribution in [0.4, 0.5) is 4.79 Å². The van der Waals surface area contributed by atoms with Crippen LogP contribution in [0.25, 0.3) is 0 Å². The predicted molar refractivity (Wildman–Crippen MR) is 98.6 cm³/mol. The number of aliphatic hydroxyl groups is 1. The van der Waals surface area contributed by atoms with Gasteiger partial charge in [-0.1, -0.05) is 60.7 Å². The molecule has 0 spiro atoms. The number of nitrogens with one attached hydrogen (secondary N) is 1. The molecule has 140 valence electrons. The van der Waals surface area contributed by atoms with E-state index in [0.29, 0.717) is 6.54 Å². The molecule has 2 aromatic carbocycles. The molecule has 2 amide bonds. The molecule has 2 N–H and O–H groups in total. The van der Waals surface area contributed by atoms with E-state index in [0.717, 1.165) is 17.5 Å². The molecule has 27 heavy (non-hydrogen) atoms. The van der Waals surface area contributed by atoms with Crippen molar-refractivity contribution >= 4 is 12.0 Å². The van der Waals surface area contributed by atoms with Crippen LogP contribution in [0.1, 0.15) is 24.0 Å². The van der Waals surface area contributed by atoms with Crippen LogP contribution < -0.4 is 5.32 Å². The van der Waals surface area contributed by atoms with E-state index in [1.807, 2.05) is 60.7 Å². The lowest BCUT2D eigenvalue weighted by Crippen LogP contribution is -2.70. The second-order valence-corrected chi connectivity index (χ2v) is 7.09. The Labute approximate surface area is 157 Å². The quantitative estimate of drug-likeness (QED) is 0.869. The van der Waals surface area contributed by atoms with Crippen LogP contribution in [0.3, 0.4) is 0 Å². The number of alkyl carbamates (subject to hydrolysis) is 1. The van der Waals surface area contributed by atoms with E-state index in [9.17, 15) is 14.7 Å². The summed E-state index contributed by atoms with van der Waals surface area (Å²) in [5.74, 6) is -0.163. The monoisotopic (exact) mass is 366 g/mol. The lowest BCUT2D eigenvalue weighted by atomic mass is 9.72. The zero-order chi connectivity index (χ0) is 18.9. The molecule has 0 bridgehead atoms. The largest absolute Gasteiger partial charge is 0.445 e. The minimum atomic E-state index is -1.18. The molecule has 0 aliphatic carbocycles. The number of fused-ring (bicyclic) bond motifs is 1. The third kappa shape index (κ3) is 3.28. The van der Waals surface area contributed by atoms with Crippen molar-refractivity contribution in [2.75, 3.05) is 6.54 Å². The summed E-state index contributed by atoms with van der Waals surface area (Å²) < 4.78 is 5.23. The molecule has 2 aliphatic heterocycles. The first kappa shape index (κ1) is 17.5. The number of ether oxygens (including phenoxy) is 1. The predicted octanol–water partition coefficient (Wildman–Crippen LogP) is 2.17. The molecule has 0 radical (unpaired) electrons. The molecule has 6 nitrogen and oxygen atoms in total. The number of hydrogen-bond donors (Lipinski definition) is 2. The van der Waals surface area contributed by atoms with Crippen molar-refractivity contribution < 1.29 is 19.4 Å². The average Bonchev–Trinajstić information content (AvgIpc) is 2.65. The molecule has 3 atom stereocenters. The Bertz CT molecular complexity index is 827. The Morgan fingerprint density at radius 2 is 1.81 bits per heavy atom. The number of amides is 2. The maximum Gasteiger partial charge on any atom is 0.408 e. The Morgan fingerprint density at radius 1 is 1.15 bits per heavy atom. The molecule has 4 rings (SSSR count). The molecule has 3 unspecified atom stereocenters. The maximum atomic E-state index is 12.7. The second kappa shape index (κ2) is 7.04. The first-order valence-corrected chi connectivity index (χ1v) is 9.13. The van der Waals surface area contributed by atoms with Gasteiger partial charge in [0.1, 0.15) is 18.2 Å². The number of benzene rings is 2. The minimum absolute atomic E-state index is 0.128. The van der Waals surface area contributed by atoms with Gasteiger partial charge in [-0.2, -0.15) is 0 Å². The van der Waals surface area contributed by atoms with Gasteiger partial charge in [0, 0.05) is 13.0 Å². The van der Waals surface area contributed by atoms with Gasteiger partial charge in [0.15, 0.2) is 0 Å². The lowest BCUT2D eigenvalue weighted by molar-refractivity contribution is -0.174. The number of carbonyl (C=O) groups excluding carboxylic acids is 2. The minimum Gasteiger partial charge on any atom is -0.445 e. The molecule has 6 heteroatoms. The Kier molecular flexibility index (Phi) is 4.58. The van der Waals surface area contributed by atoms with Crippen LogP contribution in [0.5, 0.6) is 0 Å². The molecule has 0 aromatic heterocycles. The van der Waals surface area contributed by atoms with E-state index in [4.69, 9.17) is 4.74 Å². The smallest absolute Gasteiger partial charge is 0.408 e. The highest BCUT2D eigenvalue weighted by Gasteiger charge is 2.55. The normalized spacial score (nSPS) is 26.7. The molecule has 2 heterocycles. The Hall–Kier alpha value is -2.86. The highest BCUT2D eigenvalue weighted by Crippen LogP contribution is 2.43. The molecule has 2 aromatic rings.